The molecule has 1 spiro atoms. The zero-order valence-corrected chi connectivity index (χ0v) is 25.2. The number of ether oxygens (including phenoxy) is 3. The highest BCUT2D eigenvalue weighted by Crippen LogP contribution is 2.38. The standard InChI is InChI=1S/C27H37FN4O8S2/c1-19(28)41(34,35)23-5-3-4-22(12-23)39-18-21(33)15-29-20-14-27(40-17-20)6-8-32(9-7-27)42(36,37)24-13-25-26(30-16-24)38-11-10-31(25)2/h3-5,12-13,16,19-21,29,33H,6-11,14-15,17-18H2,1-2H3/t19?,20-,21?/m1/s1. The molecular formula is C27H37FN4O8S2. The normalized spacial score (nSPS) is 22.4. The van der Waals surface area contributed by atoms with Crippen LogP contribution in [0.15, 0.2) is 46.3 Å². The minimum Gasteiger partial charge on any atom is -0.491 e. The first-order valence-corrected chi connectivity index (χ1v) is 16.9. The van der Waals surface area contributed by atoms with Crippen LogP contribution < -0.4 is 19.7 Å². The fraction of sp³-hybridized carbons (Fsp3) is 0.593. The molecule has 232 valence electrons. The number of benzene rings is 1. The van der Waals surface area contributed by atoms with Gasteiger partial charge in [0.15, 0.2) is 0 Å². The number of pyridine rings is 1. The summed E-state index contributed by atoms with van der Waals surface area (Å²) in [6, 6.07) is 7.12. The number of aliphatic hydroxyl groups excluding tert-OH is 1. The monoisotopic (exact) mass is 628 g/mol. The minimum atomic E-state index is -4.09. The predicted molar refractivity (Wildman–Crippen MR) is 152 cm³/mol. The van der Waals surface area contributed by atoms with Crippen LogP contribution in [0.3, 0.4) is 0 Å². The van der Waals surface area contributed by atoms with Crippen molar-refractivity contribution in [3.63, 3.8) is 0 Å². The summed E-state index contributed by atoms with van der Waals surface area (Å²) in [5, 5.41) is 13.7. The third-order valence-corrected chi connectivity index (χ3v) is 11.6. The Hall–Kier alpha value is -2.56. The topological polar surface area (TPSA) is 148 Å². The SMILES string of the molecule is CC(F)S(=O)(=O)c1cccc(OCC(O)CN[C@H]2COC3(CCN(S(=O)(=O)c4cnc5c(c4)N(C)CCO5)CC3)C2)c1. The number of piperidine rings is 1. The van der Waals surface area contributed by atoms with Crippen molar-refractivity contribution in [1.29, 1.82) is 0 Å². The molecule has 2 N–H and O–H groups in total. The molecule has 0 bridgehead atoms. The van der Waals surface area contributed by atoms with E-state index in [4.69, 9.17) is 14.2 Å². The van der Waals surface area contributed by atoms with Gasteiger partial charge in [-0.3, -0.25) is 0 Å². The van der Waals surface area contributed by atoms with Crippen LogP contribution in [0.4, 0.5) is 10.1 Å². The summed E-state index contributed by atoms with van der Waals surface area (Å²) in [5.74, 6) is 0.648. The van der Waals surface area contributed by atoms with Crippen molar-refractivity contribution in [2.24, 2.45) is 0 Å². The smallest absolute Gasteiger partial charge is 0.244 e. The van der Waals surface area contributed by atoms with E-state index in [0.717, 1.165) is 6.92 Å². The molecule has 3 atom stereocenters. The number of anilines is 1. The molecule has 1 aromatic heterocycles. The largest absolute Gasteiger partial charge is 0.491 e. The van der Waals surface area contributed by atoms with Gasteiger partial charge in [-0.05, 0) is 50.5 Å². The third kappa shape index (κ3) is 6.50. The first-order chi connectivity index (χ1) is 19.9. The van der Waals surface area contributed by atoms with E-state index < -0.39 is 37.1 Å². The highest BCUT2D eigenvalue weighted by Gasteiger charge is 2.45. The first-order valence-electron chi connectivity index (χ1n) is 13.9. The van der Waals surface area contributed by atoms with Gasteiger partial charge in [-0.1, -0.05) is 6.07 Å². The van der Waals surface area contributed by atoms with Gasteiger partial charge in [0.05, 0.1) is 29.8 Å². The molecule has 0 amide bonds. The second kappa shape index (κ2) is 12.2. The van der Waals surface area contributed by atoms with Crippen LogP contribution in [0.1, 0.15) is 26.2 Å². The Balaban J connectivity index is 1.09. The van der Waals surface area contributed by atoms with Crippen molar-refractivity contribution < 1.29 is 40.5 Å². The van der Waals surface area contributed by atoms with Crippen LogP contribution in [-0.4, -0.2) is 108 Å². The lowest BCUT2D eigenvalue weighted by Crippen LogP contribution is -2.47. The van der Waals surface area contributed by atoms with Gasteiger partial charge in [0.2, 0.25) is 31.2 Å². The Labute approximate surface area is 245 Å². The summed E-state index contributed by atoms with van der Waals surface area (Å²) in [4.78, 5) is 6.11. The Morgan fingerprint density at radius 2 is 1.95 bits per heavy atom. The molecule has 0 saturated carbocycles. The van der Waals surface area contributed by atoms with Crippen molar-refractivity contribution in [3.8, 4) is 11.6 Å². The number of aromatic nitrogens is 1. The van der Waals surface area contributed by atoms with E-state index >= 15 is 0 Å². The molecule has 4 heterocycles. The van der Waals surface area contributed by atoms with E-state index in [9.17, 15) is 26.3 Å². The Bertz CT molecular complexity index is 1480. The molecule has 1 aromatic carbocycles. The Morgan fingerprint density at radius 1 is 1.19 bits per heavy atom. The average molecular weight is 629 g/mol. The lowest BCUT2D eigenvalue weighted by Gasteiger charge is -2.38. The summed E-state index contributed by atoms with van der Waals surface area (Å²) in [7, 11) is -5.93. The van der Waals surface area contributed by atoms with Crippen LogP contribution in [0, 0.1) is 0 Å². The molecule has 2 saturated heterocycles. The molecule has 12 nitrogen and oxygen atoms in total. The number of sulfone groups is 1. The van der Waals surface area contributed by atoms with Gasteiger partial charge in [0.25, 0.3) is 0 Å². The maximum absolute atomic E-state index is 13.5. The molecule has 2 fully saturated rings. The van der Waals surface area contributed by atoms with Gasteiger partial charge in [-0.15, -0.1) is 0 Å². The molecule has 0 aliphatic carbocycles. The summed E-state index contributed by atoms with van der Waals surface area (Å²) >= 11 is 0. The van der Waals surface area contributed by atoms with E-state index in [1.54, 1.807) is 6.07 Å². The summed E-state index contributed by atoms with van der Waals surface area (Å²) in [6.45, 7) is 3.33. The number of hydrogen-bond donors (Lipinski definition) is 2. The molecule has 3 aliphatic heterocycles. The highest BCUT2D eigenvalue weighted by molar-refractivity contribution is 7.91. The molecule has 5 rings (SSSR count). The second-order valence-corrected chi connectivity index (χ2v) is 15.1. The van der Waals surface area contributed by atoms with Crippen LogP contribution >= 0.6 is 0 Å². The quantitative estimate of drug-likeness (QED) is 0.393. The zero-order valence-electron chi connectivity index (χ0n) is 23.6. The van der Waals surface area contributed by atoms with E-state index in [2.05, 4.69) is 10.3 Å². The summed E-state index contributed by atoms with van der Waals surface area (Å²) < 4.78 is 83.0. The van der Waals surface area contributed by atoms with Crippen LogP contribution in [0.2, 0.25) is 0 Å². The number of alkyl halides is 1. The number of fused-ring (bicyclic) bond motifs is 1. The number of aliphatic hydroxyl groups is 1. The average Bonchev–Trinajstić information content (AvgIpc) is 3.37. The van der Waals surface area contributed by atoms with Crippen molar-refractivity contribution >= 4 is 25.5 Å². The van der Waals surface area contributed by atoms with Crippen molar-refractivity contribution in [1.82, 2.24) is 14.6 Å². The molecule has 3 aliphatic rings. The fourth-order valence-corrected chi connectivity index (χ4v) is 7.77. The molecule has 0 radical (unpaired) electrons. The fourth-order valence-electron chi connectivity index (χ4n) is 5.44. The third-order valence-electron chi connectivity index (χ3n) is 8.01. The number of halogens is 1. The zero-order chi connectivity index (χ0) is 30.1. The lowest BCUT2D eigenvalue weighted by molar-refractivity contribution is -0.0312. The number of likely N-dealkylation sites (N-methyl/N-ethyl adjacent to an activating group) is 1. The van der Waals surface area contributed by atoms with Gasteiger partial charge in [-0.2, -0.15) is 4.31 Å². The first kappa shape index (κ1) is 30.9. The maximum atomic E-state index is 13.5. The van der Waals surface area contributed by atoms with E-state index in [1.165, 1.54) is 34.8 Å². The lowest BCUT2D eigenvalue weighted by atomic mass is 9.88. The van der Waals surface area contributed by atoms with Crippen molar-refractivity contribution in [3.05, 3.63) is 36.5 Å². The Kier molecular flexibility index (Phi) is 8.98. The summed E-state index contributed by atoms with van der Waals surface area (Å²) in [6.07, 6.45) is 2.24. The number of nitrogens with zero attached hydrogens (tertiary/aromatic N) is 3. The highest BCUT2D eigenvalue weighted by atomic mass is 32.2. The minimum absolute atomic E-state index is 0.0253. The van der Waals surface area contributed by atoms with Gasteiger partial charge in [0, 0.05) is 32.7 Å². The van der Waals surface area contributed by atoms with Crippen LogP contribution in [0.25, 0.3) is 0 Å². The van der Waals surface area contributed by atoms with E-state index in [0.29, 0.717) is 63.7 Å². The number of sulfonamides is 1. The van der Waals surface area contributed by atoms with E-state index in [-0.39, 0.29) is 34.7 Å². The predicted octanol–water partition coefficient (Wildman–Crippen LogP) is 1.34. The second-order valence-electron chi connectivity index (χ2n) is 11.0. The maximum Gasteiger partial charge on any atom is 0.244 e. The molecule has 15 heteroatoms. The number of hydrogen-bond acceptors (Lipinski definition) is 11. The van der Waals surface area contributed by atoms with Crippen molar-refractivity contribution in [2.75, 3.05) is 57.9 Å². The molecule has 2 unspecified atom stereocenters. The molecular weight excluding hydrogens is 591 g/mol. The van der Waals surface area contributed by atoms with Gasteiger partial charge < -0.3 is 29.5 Å². The molecule has 2 aromatic rings. The van der Waals surface area contributed by atoms with Crippen molar-refractivity contribution in [2.45, 2.75) is 59.2 Å². The molecule has 42 heavy (non-hydrogen) atoms. The van der Waals surface area contributed by atoms with E-state index in [1.807, 2.05) is 11.9 Å². The van der Waals surface area contributed by atoms with Gasteiger partial charge in [0.1, 0.15) is 35.7 Å². The van der Waals surface area contributed by atoms with Gasteiger partial charge in [-0.25, -0.2) is 26.2 Å². The number of nitrogens with one attached hydrogen (secondary N) is 1. The van der Waals surface area contributed by atoms with Crippen LogP contribution in [-0.2, 0) is 24.6 Å². The van der Waals surface area contributed by atoms with Crippen LogP contribution in [0.5, 0.6) is 11.6 Å². The Morgan fingerprint density at radius 3 is 2.69 bits per heavy atom. The summed E-state index contributed by atoms with van der Waals surface area (Å²) in [5.41, 5.74) is -1.82. The van der Waals surface area contributed by atoms with Gasteiger partial charge >= 0.3 is 0 Å². The number of rotatable bonds is 10.